The van der Waals surface area contributed by atoms with Crippen LogP contribution in [-0.4, -0.2) is 28.9 Å². The van der Waals surface area contributed by atoms with Gasteiger partial charge >= 0.3 is 0 Å². The van der Waals surface area contributed by atoms with Gasteiger partial charge in [-0.05, 0) is 48.9 Å². The van der Waals surface area contributed by atoms with Crippen molar-refractivity contribution >= 4 is 31.9 Å². The van der Waals surface area contributed by atoms with Gasteiger partial charge in [0.2, 0.25) is 5.79 Å². The lowest BCUT2D eigenvalue weighted by Crippen LogP contribution is -2.35. The van der Waals surface area contributed by atoms with Gasteiger partial charge in [-0.25, -0.2) is 4.98 Å². The zero-order chi connectivity index (χ0) is 19.6. The lowest BCUT2D eigenvalue weighted by atomic mass is 10.00. The van der Waals surface area contributed by atoms with E-state index in [1.165, 1.54) is 0 Å². The Balaban J connectivity index is 1.54. The second kappa shape index (κ2) is 8.37. The van der Waals surface area contributed by atoms with E-state index in [2.05, 4.69) is 49.8 Å². The van der Waals surface area contributed by atoms with Gasteiger partial charge in [-0.1, -0.05) is 37.9 Å². The largest absolute Gasteiger partial charge is 0.491 e. The monoisotopic (exact) mass is 506 g/mol. The molecule has 0 aliphatic carbocycles. The highest BCUT2D eigenvalue weighted by Gasteiger charge is 2.44. The molecule has 4 rings (SSSR count). The molecule has 7 heteroatoms. The minimum Gasteiger partial charge on any atom is -0.491 e. The molecule has 0 N–H and O–H groups in total. The molecule has 0 saturated carbocycles. The summed E-state index contributed by atoms with van der Waals surface area (Å²) in [6.07, 6.45) is 5.27. The molecule has 2 atom stereocenters. The van der Waals surface area contributed by atoms with E-state index >= 15 is 0 Å². The lowest BCUT2D eigenvalue weighted by molar-refractivity contribution is -0.189. The number of hydrogen-bond donors (Lipinski definition) is 0. The van der Waals surface area contributed by atoms with E-state index in [-0.39, 0.29) is 6.10 Å². The van der Waals surface area contributed by atoms with E-state index in [0.717, 1.165) is 25.8 Å². The van der Waals surface area contributed by atoms with Crippen LogP contribution in [0, 0.1) is 6.92 Å². The van der Waals surface area contributed by atoms with Crippen molar-refractivity contribution in [3.05, 3.63) is 81.3 Å². The van der Waals surface area contributed by atoms with Crippen molar-refractivity contribution in [2.45, 2.75) is 25.4 Å². The Labute approximate surface area is 180 Å². The first-order chi connectivity index (χ1) is 13.5. The van der Waals surface area contributed by atoms with Gasteiger partial charge in [-0.15, -0.1) is 0 Å². The van der Waals surface area contributed by atoms with Crippen LogP contribution >= 0.6 is 31.9 Å². The number of ether oxygens (including phenoxy) is 3. The van der Waals surface area contributed by atoms with Crippen LogP contribution in [0.1, 0.15) is 11.1 Å². The number of nitrogens with zero attached hydrogens (tertiary/aromatic N) is 2. The van der Waals surface area contributed by atoms with E-state index in [1.54, 1.807) is 12.5 Å². The minimum absolute atomic E-state index is 0.171. The van der Waals surface area contributed by atoms with Gasteiger partial charge in [0.25, 0.3) is 0 Å². The number of imidazole rings is 1. The van der Waals surface area contributed by atoms with Gasteiger partial charge in [0, 0.05) is 26.9 Å². The van der Waals surface area contributed by atoms with Crippen LogP contribution in [0.5, 0.6) is 5.75 Å². The summed E-state index contributed by atoms with van der Waals surface area (Å²) in [5.41, 5.74) is 2.11. The summed E-state index contributed by atoms with van der Waals surface area (Å²) in [6, 6.07) is 13.9. The van der Waals surface area contributed by atoms with Crippen molar-refractivity contribution in [2.75, 3.05) is 13.2 Å². The highest BCUT2D eigenvalue weighted by molar-refractivity contribution is 9.10. The highest BCUT2D eigenvalue weighted by Crippen LogP contribution is 2.38. The van der Waals surface area contributed by atoms with E-state index in [9.17, 15) is 0 Å². The second-order valence-corrected chi connectivity index (χ2v) is 8.59. The Morgan fingerprint density at radius 3 is 2.68 bits per heavy atom. The third kappa shape index (κ3) is 4.33. The number of aromatic nitrogens is 2. The van der Waals surface area contributed by atoms with Crippen LogP contribution in [0.15, 0.2) is 70.1 Å². The lowest BCUT2D eigenvalue weighted by Gasteiger charge is -2.30. The van der Waals surface area contributed by atoms with Crippen molar-refractivity contribution in [3.8, 4) is 5.75 Å². The maximum absolute atomic E-state index is 6.45. The Morgan fingerprint density at radius 1 is 1.18 bits per heavy atom. The van der Waals surface area contributed by atoms with E-state index in [1.807, 2.05) is 47.2 Å². The molecule has 0 bridgehead atoms. The van der Waals surface area contributed by atoms with Crippen LogP contribution in [0.4, 0.5) is 0 Å². The van der Waals surface area contributed by atoms with Crippen molar-refractivity contribution in [1.29, 1.82) is 0 Å². The Kier molecular flexibility index (Phi) is 5.87. The average molecular weight is 508 g/mol. The second-order valence-electron chi connectivity index (χ2n) is 6.76. The molecule has 28 heavy (non-hydrogen) atoms. The minimum atomic E-state index is -0.876. The Bertz CT molecular complexity index is 931. The Hall–Kier alpha value is -1.67. The molecular weight excluding hydrogens is 488 g/mol. The molecule has 2 heterocycles. The molecule has 0 radical (unpaired) electrons. The van der Waals surface area contributed by atoms with Gasteiger partial charge < -0.3 is 18.8 Å². The molecule has 1 aliphatic rings. The van der Waals surface area contributed by atoms with Crippen molar-refractivity contribution in [2.24, 2.45) is 0 Å². The zero-order valence-electron chi connectivity index (χ0n) is 15.3. The fourth-order valence-electron chi connectivity index (χ4n) is 3.35. The van der Waals surface area contributed by atoms with Gasteiger partial charge in [0.15, 0.2) is 0 Å². The average Bonchev–Trinajstić information content (AvgIpc) is 3.32. The third-order valence-corrected chi connectivity index (χ3v) is 5.68. The first-order valence-corrected chi connectivity index (χ1v) is 10.6. The summed E-state index contributed by atoms with van der Waals surface area (Å²) >= 11 is 6.96. The molecule has 0 spiro atoms. The molecule has 1 fully saturated rings. The summed E-state index contributed by atoms with van der Waals surface area (Å²) < 4.78 is 22.6. The standard InChI is InChI=1S/C21H20Br2N2O3/c1-15-10-17(23)4-7-20(15)21(13-25-9-8-24-14-25)27-12-19(28-21)11-26-18-5-2-16(22)3-6-18/h2-10,14,19H,11-13H2,1H3. The molecule has 2 unspecified atom stereocenters. The maximum atomic E-state index is 6.45. The first kappa shape index (κ1) is 19.6. The number of benzene rings is 2. The molecule has 5 nitrogen and oxygen atoms in total. The van der Waals surface area contributed by atoms with Crippen LogP contribution < -0.4 is 4.74 Å². The van der Waals surface area contributed by atoms with Crippen molar-refractivity contribution in [3.63, 3.8) is 0 Å². The van der Waals surface area contributed by atoms with Crippen LogP contribution in [0.25, 0.3) is 0 Å². The number of aryl methyl sites for hydroxylation is 1. The fourth-order valence-corrected chi connectivity index (χ4v) is 4.09. The molecule has 0 amide bonds. The smallest absolute Gasteiger partial charge is 0.214 e. The topological polar surface area (TPSA) is 45.5 Å². The predicted octanol–water partition coefficient (Wildman–Crippen LogP) is 5.06. The molecule has 1 aromatic heterocycles. The summed E-state index contributed by atoms with van der Waals surface area (Å²) in [5.74, 6) is -0.0714. The van der Waals surface area contributed by atoms with E-state index in [0.29, 0.717) is 19.8 Å². The normalized spacial score (nSPS) is 21.8. The van der Waals surface area contributed by atoms with Gasteiger partial charge in [-0.3, -0.25) is 0 Å². The van der Waals surface area contributed by atoms with Crippen LogP contribution in [0.3, 0.4) is 0 Å². The summed E-state index contributed by atoms with van der Waals surface area (Å²) in [5, 5.41) is 0. The van der Waals surface area contributed by atoms with Crippen molar-refractivity contribution < 1.29 is 14.2 Å². The van der Waals surface area contributed by atoms with Gasteiger partial charge in [0.1, 0.15) is 18.5 Å². The molecule has 1 aliphatic heterocycles. The highest BCUT2D eigenvalue weighted by atomic mass is 79.9. The van der Waals surface area contributed by atoms with Crippen LogP contribution in [-0.2, 0) is 21.8 Å². The summed E-state index contributed by atoms with van der Waals surface area (Å²) in [4.78, 5) is 4.14. The first-order valence-electron chi connectivity index (χ1n) is 8.97. The SMILES string of the molecule is Cc1cc(Br)ccc1C1(Cn2ccnc2)OCC(COc2ccc(Br)cc2)O1. The van der Waals surface area contributed by atoms with Gasteiger partial charge in [0.05, 0.1) is 19.5 Å². The molecular formula is C21H20Br2N2O3. The predicted molar refractivity (Wildman–Crippen MR) is 113 cm³/mol. The maximum Gasteiger partial charge on any atom is 0.214 e. The summed E-state index contributed by atoms with van der Waals surface area (Å²) in [6.45, 7) is 3.46. The number of halogens is 2. The number of hydrogen-bond acceptors (Lipinski definition) is 4. The quantitative estimate of drug-likeness (QED) is 0.467. The Morgan fingerprint density at radius 2 is 1.96 bits per heavy atom. The van der Waals surface area contributed by atoms with Crippen molar-refractivity contribution in [1.82, 2.24) is 9.55 Å². The summed E-state index contributed by atoms with van der Waals surface area (Å²) in [7, 11) is 0. The zero-order valence-corrected chi connectivity index (χ0v) is 18.5. The number of rotatable bonds is 6. The van der Waals surface area contributed by atoms with Gasteiger partial charge in [-0.2, -0.15) is 0 Å². The van der Waals surface area contributed by atoms with E-state index in [4.69, 9.17) is 14.2 Å². The molecule has 2 aromatic carbocycles. The molecule has 1 saturated heterocycles. The fraction of sp³-hybridized carbons (Fsp3) is 0.286. The third-order valence-electron chi connectivity index (χ3n) is 4.66. The molecule has 146 valence electrons. The van der Waals surface area contributed by atoms with Crippen LogP contribution in [0.2, 0.25) is 0 Å². The molecule has 3 aromatic rings. The van der Waals surface area contributed by atoms with E-state index < -0.39 is 5.79 Å².